The number of carbonyl (C=O) groups excluding carboxylic acids is 1. The molecule has 7 nitrogen and oxygen atoms in total. The van der Waals surface area contributed by atoms with Crippen molar-refractivity contribution in [1.82, 2.24) is 9.03 Å². The van der Waals surface area contributed by atoms with Crippen molar-refractivity contribution in [3.8, 4) is 0 Å². The summed E-state index contributed by atoms with van der Waals surface area (Å²) in [4.78, 5) is 11.6. The summed E-state index contributed by atoms with van der Waals surface area (Å²) >= 11 is 0. The lowest BCUT2D eigenvalue weighted by molar-refractivity contribution is -0.149. The third-order valence-corrected chi connectivity index (χ3v) is 5.36. The van der Waals surface area contributed by atoms with Gasteiger partial charge < -0.3 is 9.84 Å². The molecule has 0 aromatic heterocycles. The lowest BCUT2D eigenvalue weighted by atomic mass is 9.98. The van der Waals surface area contributed by atoms with Gasteiger partial charge in [-0.25, -0.2) is 0 Å². The number of ether oxygens (including phenoxy) is 1. The molecule has 0 radical (unpaired) electrons. The van der Waals surface area contributed by atoms with Crippen molar-refractivity contribution in [3.63, 3.8) is 0 Å². The molecule has 1 aliphatic rings. The minimum absolute atomic E-state index is 0.0242. The topological polar surface area (TPSA) is 95.9 Å². The highest BCUT2D eigenvalue weighted by atomic mass is 32.2. The minimum atomic E-state index is -3.62. The Kier molecular flexibility index (Phi) is 6.58. The summed E-state index contributed by atoms with van der Waals surface area (Å²) in [5, 5.41) is 9.85. The Labute approximate surface area is 126 Å². The SMILES string of the molecule is CCOC(=O)C1CCN(S(=O)(=O)NCC(C)(O)CC)CC1. The molecule has 0 aromatic carbocycles. The number of aliphatic hydroxyl groups is 1. The first-order chi connectivity index (χ1) is 9.72. The van der Waals surface area contributed by atoms with E-state index in [1.807, 2.05) is 0 Å². The van der Waals surface area contributed by atoms with Crippen LogP contribution in [0.4, 0.5) is 0 Å². The number of nitrogens with one attached hydrogen (secondary N) is 1. The Bertz CT molecular complexity index is 441. The molecular formula is C13H26N2O5S. The van der Waals surface area contributed by atoms with Crippen LogP contribution in [0.5, 0.6) is 0 Å². The zero-order valence-electron chi connectivity index (χ0n) is 13.0. The first kappa shape index (κ1) is 18.3. The summed E-state index contributed by atoms with van der Waals surface area (Å²) in [6.45, 7) is 6.01. The highest BCUT2D eigenvalue weighted by Crippen LogP contribution is 2.20. The molecule has 1 fully saturated rings. The molecule has 2 N–H and O–H groups in total. The molecule has 0 aliphatic carbocycles. The molecule has 124 valence electrons. The van der Waals surface area contributed by atoms with Crippen LogP contribution in [0, 0.1) is 5.92 Å². The zero-order chi connectivity index (χ0) is 16.1. The fourth-order valence-corrected chi connectivity index (χ4v) is 3.42. The van der Waals surface area contributed by atoms with E-state index in [0.29, 0.717) is 25.9 Å². The Balaban J connectivity index is 2.51. The predicted octanol–water partition coefficient (Wildman–Crippen LogP) is 0.257. The fourth-order valence-electron chi connectivity index (χ4n) is 2.05. The smallest absolute Gasteiger partial charge is 0.309 e. The third kappa shape index (κ3) is 5.54. The maximum absolute atomic E-state index is 12.1. The normalized spacial score (nSPS) is 21.0. The minimum Gasteiger partial charge on any atom is -0.466 e. The van der Waals surface area contributed by atoms with Gasteiger partial charge in [0.25, 0.3) is 10.2 Å². The maximum atomic E-state index is 12.1. The molecule has 21 heavy (non-hydrogen) atoms. The van der Waals surface area contributed by atoms with Crippen molar-refractivity contribution in [2.75, 3.05) is 26.2 Å². The first-order valence-corrected chi connectivity index (χ1v) is 8.79. The van der Waals surface area contributed by atoms with E-state index in [0.717, 1.165) is 0 Å². The van der Waals surface area contributed by atoms with Crippen LogP contribution in [0.2, 0.25) is 0 Å². The molecule has 8 heteroatoms. The molecule has 1 rings (SSSR count). The lowest BCUT2D eigenvalue weighted by Gasteiger charge is -2.31. The average molecular weight is 322 g/mol. The molecule has 0 bridgehead atoms. The summed E-state index contributed by atoms with van der Waals surface area (Å²) in [6.07, 6.45) is 1.38. The molecule has 0 spiro atoms. The molecule has 1 unspecified atom stereocenters. The predicted molar refractivity (Wildman–Crippen MR) is 78.8 cm³/mol. The number of carbonyl (C=O) groups is 1. The van der Waals surface area contributed by atoms with E-state index in [4.69, 9.17) is 4.74 Å². The second kappa shape index (κ2) is 7.53. The van der Waals surface area contributed by atoms with Crippen LogP contribution in [0.1, 0.15) is 40.0 Å². The third-order valence-electron chi connectivity index (χ3n) is 3.81. The lowest BCUT2D eigenvalue weighted by Crippen LogP contribution is -2.49. The second-order valence-electron chi connectivity index (χ2n) is 5.60. The number of nitrogens with zero attached hydrogens (tertiary/aromatic N) is 1. The number of hydrogen-bond donors (Lipinski definition) is 2. The van der Waals surface area contributed by atoms with Crippen LogP contribution in [-0.4, -0.2) is 55.6 Å². The van der Waals surface area contributed by atoms with Crippen LogP contribution in [0.25, 0.3) is 0 Å². The molecular weight excluding hydrogens is 296 g/mol. The number of piperidine rings is 1. The van der Waals surface area contributed by atoms with E-state index in [9.17, 15) is 18.3 Å². The first-order valence-electron chi connectivity index (χ1n) is 7.35. The van der Waals surface area contributed by atoms with Gasteiger partial charge in [-0.2, -0.15) is 17.4 Å². The summed E-state index contributed by atoms with van der Waals surface area (Å²) in [6, 6.07) is 0. The molecule has 1 aliphatic heterocycles. The Morgan fingerprint density at radius 3 is 2.43 bits per heavy atom. The standard InChI is InChI=1S/C13H26N2O5S/c1-4-13(3,17)10-14-21(18,19)15-8-6-11(7-9-15)12(16)20-5-2/h11,14,17H,4-10H2,1-3H3. The van der Waals surface area contributed by atoms with Gasteiger partial charge in [0.05, 0.1) is 18.1 Å². The van der Waals surface area contributed by atoms with Gasteiger partial charge in [-0.05, 0) is 33.1 Å². The number of esters is 1. The van der Waals surface area contributed by atoms with Crippen molar-refractivity contribution in [2.24, 2.45) is 5.92 Å². The molecule has 0 amide bonds. The molecule has 0 aromatic rings. The van der Waals surface area contributed by atoms with Gasteiger partial charge in [0.15, 0.2) is 0 Å². The monoisotopic (exact) mass is 322 g/mol. The van der Waals surface area contributed by atoms with E-state index in [2.05, 4.69) is 4.72 Å². The van der Waals surface area contributed by atoms with Crippen LogP contribution in [0.3, 0.4) is 0 Å². The fraction of sp³-hybridized carbons (Fsp3) is 0.923. The van der Waals surface area contributed by atoms with E-state index in [1.165, 1.54) is 4.31 Å². The number of rotatable bonds is 7. The molecule has 1 saturated heterocycles. The highest BCUT2D eigenvalue weighted by Gasteiger charge is 2.32. The van der Waals surface area contributed by atoms with Crippen molar-refractivity contribution >= 4 is 16.2 Å². The quantitative estimate of drug-likeness (QED) is 0.655. The van der Waals surface area contributed by atoms with Crippen molar-refractivity contribution in [2.45, 2.75) is 45.6 Å². The van der Waals surface area contributed by atoms with Gasteiger partial charge in [-0.3, -0.25) is 4.79 Å². The van der Waals surface area contributed by atoms with Crippen LogP contribution >= 0.6 is 0 Å². The van der Waals surface area contributed by atoms with Gasteiger partial charge in [0.1, 0.15) is 0 Å². The van der Waals surface area contributed by atoms with Gasteiger partial charge in [0.2, 0.25) is 0 Å². The van der Waals surface area contributed by atoms with E-state index < -0.39 is 15.8 Å². The van der Waals surface area contributed by atoms with Crippen molar-refractivity contribution in [3.05, 3.63) is 0 Å². The van der Waals surface area contributed by atoms with Crippen molar-refractivity contribution in [1.29, 1.82) is 0 Å². The second-order valence-corrected chi connectivity index (χ2v) is 7.36. The van der Waals surface area contributed by atoms with E-state index in [1.54, 1.807) is 20.8 Å². The Morgan fingerprint density at radius 1 is 1.38 bits per heavy atom. The Hall–Kier alpha value is -0.700. The van der Waals surface area contributed by atoms with Gasteiger partial charge >= 0.3 is 5.97 Å². The van der Waals surface area contributed by atoms with Gasteiger partial charge in [0, 0.05) is 19.6 Å². The molecule has 0 saturated carbocycles. The van der Waals surface area contributed by atoms with Crippen LogP contribution < -0.4 is 4.72 Å². The van der Waals surface area contributed by atoms with Crippen LogP contribution in [0.15, 0.2) is 0 Å². The molecule has 1 heterocycles. The number of hydrogen-bond acceptors (Lipinski definition) is 5. The summed E-state index contributed by atoms with van der Waals surface area (Å²) < 4.78 is 33.0. The average Bonchev–Trinajstić information content (AvgIpc) is 2.46. The maximum Gasteiger partial charge on any atom is 0.309 e. The van der Waals surface area contributed by atoms with Crippen LogP contribution in [-0.2, 0) is 19.7 Å². The van der Waals surface area contributed by atoms with Gasteiger partial charge in [-0.1, -0.05) is 6.92 Å². The van der Waals surface area contributed by atoms with E-state index >= 15 is 0 Å². The van der Waals surface area contributed by atoms with E-state index in [-0.39, 0.29) is 31.5 Å². The van der Waals surface area contributed by atoms with Crippen molar-refractivity contribution < 1.29 is 23.1 Å². The zero-order valence-corrected chi connectivity index (χ0v) is 13.8. The summed E-state index contributed by atoms with van der Waals surface area (Å²) in [5.74, 6) is -0.480. The summed E-state index contributed by atoms with van der Waals surface area (Å²) in [5.41, 5.74) is -1.06. The summed E-state index contributed by atoms with van der Waals surface area (Å²) in [7, 11) is -3.62. The molecule has 1 atom stereocenters. The Morgan fingerprint density at radius 2 is 1.95 bits per heavy atom. The largest absolute Gasteiger partial charge is 0.466 e. The van der Waals surface area contributed by atoms with Gasteiger partial charge in [-0.15, -0.1) is 0 Å². The highest BCUT2D eigenvalue weighted by molar-refractivity contribution is 7.87.